The van der Waals surface area contributed by atoms with Gasteiger partial charge in [0.05, 0.1) is 5.92 Å². The summed E-state index contributed by atoms with van der Waals surface area (Å²) in [5.41, 5.74) is 4.51. The highest BCUT2D eigenvalue weighted by Gasteiger charge is 2.35. The molecule has 2 aromatic rings. The Labute approximate surface area is 205 Å². The van der Waals surface area contributed by atoms with Gasteiger partial charge in [0.25, 0.3) is 0 Å². The number of carbonyl (C=O) groups is 3. The third-order valence-electron chi connectivity index (χ3n) is 6.91. The van der Waals surface area contributed by atoms with Gasteiger partial charge >= 0.3 is 12.1 Å². The normalized spacial score (nSPS) is 19.9. The molecule has 35 heavy (non-hydrogen) atoms. The van der Waals surface area contributed by atoms with Crippen molar-refractivity contribution < 1.29 is 24.2 Å². The van der Waals surface area contributed by atoms with Crippen molar-refractivity contribution >= 4 is 18.0 Å². The van der Waals surface area contributed by atoms with Gasteiger partial charge < -0.3 is 20.1 Å². The van der Waals surface area contributed by atoms with Crippen molar-refractivity contribution in [2.75, 3.05) is 19.7 Å². The monoisotopic (exact) mass is 476 g/mol. The van der Waals surface area contributed by atoms with Crippen LogP contribution in [0.25, 0.3) is 11.1 Å². The molecule has 0 spiro atoms. The van der Waals surface area contributed by atoms with Crippen molar-refractivity contribution in [1.29, 1.82) is 0 Å². The number of ether oxygens (including phenoxy) is 1. The molecule has 1 saturated heterocycles. The number of fused-ring (bicyclic) bond motifs is 3. The van der Waals surface area contributed by atoms with E-state index in [1.54, 1.807) is 11.0 Å². The zero-order chi connectivity index (χ0) is 24.9. The van der Waals surface area contributed by atoms with E-state index in [0.29, 0.717) is 25.8 Å². The highest BCUT2D eigenvalue weighted by molar-refractivity contribution is 5.86. The van der Waals surface area contributed by atoms with Crippen molar-refractivity contribution in [3.05, 3.63) is 72.3 Å². The molecule has 4 rings (SSSR count). The summed E-state index contributed by atoms with van der Waals surface area (Å²) in [6.07, 6.45) is 2.48. The molecule has 2 aliphatic rings. The number of carboxylic acid groups (broad SMARTS) is 1. The van der Waals surface area contributed by atoms with Crippen molar-refractivity contribution in [3.63, 3.8) is 0 Å². The molecule has 0 aromatic heterocycles. The van der Waals surface area contributed by atoms with E-state index in [1.165, 1.54) is 0 Å². The summed E-state index contributed by atoms with van der Waals surface area (Å²) in [5, 5.41) is 12.2. The number of aliphatic carboxylic acids is 1. The van der Waals surface area contributed by atoms with Gasteiger partial charge in [-0.05, 0) is 47.4 Å². The molecule has 2 amide bonds. The molecule has 0 radical (unpaired) electrons. The number of carbonyl (C=O) groups excluding carboxylic acids is 2. The Morgan fingerprint density at radius 3 is 2.34 bits per heavy atom. The van der Waals surface area contributed by atoms with Crippen LogP contribution in [0.3, 0.4) is 0 Å². The lowest BCUT2D eigenvalue weighted by molar-refractivity contribution is -0.147. The maximum absolute atomic E-state index is 13.3. The second kappa shape index (κ2) is 10.8. The average Bonchev–Trinajstić information content (AvgIpc) is 3.18. The molecule has 1 aliphatic heterocycles. The standard InChI is InChI=1S/C28H32N2O5/c1-3-4-13-25(26(31)30-15-18(2)14-19(16-30)27(32)33)29-28(34)35-17-24-22-11-7-5-9-20(22)21-10-6-8-12-23(21)24/h3,5-12,18-19,24-25H,1,4,13-17H2,2H3,(H,29,34)(H,32,33). The van der Waals surface area contributed by atoms with Crippen LogP contribution in [0.15, 0.2) is 61.2 Å². The van der Waals surface area contributed by atoms with Crippen LogP contribution in [-0.2, 0) is 14.3 Å². The molecule has 1 fully saturated rings. The Hall–Kier alpha value is -3.61. The number of carboxylic acids is 1. The maximum Gasteiger partial charge on any atom is 0.407 e. The molecule has 2 aromatic carbocycles. The number of piperidine rings is 1. The topological polar surface area (TPSA) is 95.9 Å². The molecule has 1 heterocycles. The van der Waals surface area contributed by atoms with Crippen molar-refractivity contribution in [1.82, 2.24) is 10.2 Å². The number of alkyl carbamates (subject to hydrolysis) is 1. The van der Waals surface area contributed by atoms with Crippen molar-refractivity contribution in [2.24, 2.45) is 11.8 Å². The number of hydrogen-bond donors (Lipinski definition) is 2. The predicted octanol–water partition coefficient (Wildman–Crippen LogP) is 4.43. The SMILES string of the molecule is C=CCCC(NC(=O)OCC1c2ccccc2-c2ccccc21)C(=O)N1CC(C)CC(C(=O)O)C1. The largest absolute Gasteiger partial charge is 0.481 e. The molecule has 2 N–H and O–H groups in total. The number of rotatable bonds is 8. The summed E-state index contributed by atoms with van der Waals surface area (Å²) in [5.74, 6) is -1.78. The van der Waals surface area contributed by atoms with E-state index in [4.69, 9.17) is 4.74 Å². The van der Waals surface area contributed by atoms with Crippen molar-refractivity contribution in [2.45, 2.75) is 38.1 Å². The third-order valence-corrected chi connectivity index (χ3v) is 6.91. The van der Waals surface area contributed by atoms with E-state index in [1.807, 2.05) is 43.3 Å². The summed E-state index contributed by atoms with van der Waals surface area (Å²) in [7, 11) is 0. The summed E-state index contributed by atoms with van der Waals surface area (Å²) < 4.78 is 5.63. The number of allylic oxidation sites excluding steroid dienone is 1. The van der Waals surface area contributed by atoms with Gasteiger partial charge in [-0.1, -0.05) is 61.5 Å². The third kappa shape index (κ3) is 5.39. The first kappa shape index (κ1) is 24.5. The van der Waals surface area contributed by atoms with Crippen LogP contribution in [-0.4, -0.2) is 53.7 Å². The average molecular weight is 477 g/mol. The van der Waals surface area contributed by atoms with Crippen LogP contribution in [0.2, 0.25) is 0 Å². The summed E-state index contributed by atoms with van der Waals surface area (Å²) in [6, 6.07) is 15.4. The molecule has 7 heteroatoms. The highest BCUT2D eigenvalue weighted by atomic mass is 16.5. The summed E-state index contributed by atoms with van der Waals surface area (Å²) >= 11 is 0. The minimum atomic E-state index is -0.901. The quantitative estimate of drug-likeness (QED) is 0.550. The van der Waals surface area contributed by atoms with Crippen molar-refractivity contribution in [3.8, 4) is 11.1 Å². The smallest absolute Gasteiger partial charge is 0.407 e. The maximum atomic E-state index is 13.3. The predicted molar refractivity (Wildman–Crippen MR) is 133 cm³/mol. The Kier molecular flexibility index (Phi) is 7.54. The van der Waals surface area contributed by atoms with Gasteiger partial charge in [0.15, 0.2) is 0 Å². The second-order valence-corrected chi connectivity index (χ2v) is 9.51. The first-order chi connectivity index (χ1) is 16.9. The van der Waals surface area contributed by atoms with Gasteiger partial charge in [0.1, 0.15) is 12.6 Å². The number of nitrogens with zero attached hydrogens (tertiary/aromatic N) is 1. The number of nitrogens with one attached hydrogen (secondary N) is 1. The van der Waals surface area contributed by atoms with Crippen LogP contribution >= 0.6 is 0 Å². The Morgan fingerprint density at radius 1 is 1.11 bits per heavy atom. The number of likely N-dealkylation sites (tertiary alicyclic amines) is 1. The van der Waals surface area contributed by atoms with Crippen LogP contribution in [0.4, 0.5) is 4.79 Å². The first-order valence-corrected chi connectivity index (χ1v) is 12.1. The summed E-state index contributed by atoms with van der Waals surface area (Å²) in [4.78, 5) is 39.2. The molecule has 3 unspecified atom stereocenters. The number of amides is 2. The lowest BCUT2D eigenvalue weighted by Crippen LogP contribution is -2.53. The van der Waals surface area contributed by atoms with E-state index < -0.39 is 24.0 Å². The van der Waals surface area contributed by atoms with E-state index in [0.717, 1.165) is 22.3 Å². The lowest BCUT2D eigenvalue weighted by Gasteiger charge is -2.36. The Bertz CT molecular complexity index is 1070. The molecule has 3 atom stereocenters. The molecular formula is C28H32N2O5. The summed E-state index contributed by atoms with van der Waals surface area (Å²) in [6.45, 7) is 6.43. The zero-order valence-corrected chi connectivity index (χ0v) is 20.0. The van der Waals surface area contributed by atoms with Gasteiger partial charge in [-0.3, -0.25) is 9.59 Å². The minimum absolute atomic E-state index is 0.0725. The van der Waals surface area contributed by atoms with E-state index in [2.05, 4.69) is 24.0 Å². The van der Waals surface area contributed by atoms with Crippen LogP contribution in [0.5, 0.6) is 0 Å². The number of benzene rings is 2. The van der Waals surface area contributed by atoms with Gasteiger partial charge in [0.2, 0.25) is 5.91 Å². The molecular weight excluding hydrogens is 444 g/mol. The van der Waals surface area contributed by atoms with Crippen LogP contribution < -0.4 is 5.32 Å². The Balaban J connectivity index is 1.42. The van der Waals surface area contributed by atoms with E-state index >= 15 is 0 Å². The second-order valence-electron chi connectivity index (χ2n) is 9.51. The minimum Gasteiger partial charge on any atom is -0.481 e. The van der Waals surface area contributed by atoms with E-state index in [9.17, 15) is 19.5 Å². The highest BCUT2D eigenvalue weighted by Crippen LogP contribution is 2.44. The zero-order valence-electron chi connectivity index (χ0n) is 20.0. The van der Waals surface area contributed by atoms with Crippen LogP contribution in [0, 0.1) is 11.8 Å². The number of hydrogen-bond acceptors (Lipinski definition) is 4. The van der Waals surface area contributed by atoms with Gasteiger partial charge in [-0.25, -0.2) is 4.79 Å². The van der Waals surface area contributed by atoms with E-state index in [-0.39, 0.29) is 30.9 Å². The lowest BCUT2D eigenvalue weighted by atomic mass is 9.90. The fraction of sp³-hybridized carbons (Fsp3) is 0.393. The molecule has 7 nitrogen and oxygen atoms in total. The van der Waals surface area contributed by atoms with Gasteiger partial charge in [0, 0.05) is 19.0 Å². The van der Waals surface area contributed by atoms with Gasteiger partial charge in [-0.2, -0.15) is 0 Å². The molecule has 0 bridgehead atoms. The fourth-order valence-corrected chi connectivity index (χ4v) is 5.26. The molecule has 184 valence electrons. The molecule has 1 aliphatic carbocycles. The van der Waals surface area contributed by atoms with Gasteiger partial charge in [-0.15, -0.1) is 6.58 Å². The molecule has 0 saturated carbocycles. The first-order valence-electron chi connectivity index (χ1n) is 12.1. The van der Waals surface area contributed by atoms with Crippen LogP contribution in [0.1, 0.15) is 43.2 Å². The Morgan fingerprint density at radius 2 is 1.74 bits per heavy atom. The fourth-order valence-electron chi connectivity index (χ4n) is 5.26.